The molecule has 0 aliphatic carbocycles. The minimum Gasteiger partial charge on any atom is -0.490 e. The first-order valence-corrected chi connectivity index (χ1v) is 5.84. The fourth-order valence-corrected chi connectivity index (χ4v) is 1.94. The van der Waals surface area contributed by atoms with Crippen LogP contribution < -0.4 is 16.0 Å². The average Bonchev–Trinajstić information content (AvgIpc) is 2.21. The van der Waals surface area contributed by atoms with Gasteiger partial charge in [0.1, 0.15) is 5.75 Å². The third-order valence-electron chi connectivity index (χ3n) is 1.95. The standard InChI is InChI=1S/C10H14BBrN2O3/c1-6(2)17-10-8(11(15)16)3-7(5-14-13)4-9(10)12/h3-6,15-16H,13H2,1-2H3. The van der Waals surface area contributed by atoms with E-state index in [4.69, 9.17) is 10.6 Å². The molecule has 92 valence electrons. The van der Waals surface area contributed by atoms with Gasteiger partial charge in [-0.1, -0.05) is 0 Å². The van der Waals surface area contributed by atoms with E-state index in [0.29, 0.717) is 15.8 Å². The topological polar surface area (TPSA) is 88.1 Å². The summed E-state index contributed by atoms with van der Waals surface area (Å²) < 4.78 is 6.15. The molecule has 0 fully saturated rings. The van der Waals surface area contributed by atoms with E-state index >= 15 is 0 Å². The van der Waals surface area contributed by atoms with Crippen molar-refractivity contribution >= 4 is 34.7 Å². The molecule has 4 N–H and O–H groups in total. The van der Waals surface area contributed by atoms with Gasteiger partial charge in [-0.3, -0.25) is 0 Å². The molecule has 0 unspecified atom stereocenters. The fourth-order valence-electron chi connectivity index (χ4n) is 1.35. The number of hydrogen-bond acceptors (Lipinski definition) is 5. The lowest BCUT2D eigenvalue weighted by atomic mass is 9.78. The molecule has 0 aliphatic rings. The highest BCUT2D eigenvalue weighted by Gasteiger charge is 2.21. The number of nitrogens with zero attached hydrogens (tertiary/aromatic N) is 1. The first kappa shape index (κ1) is 14.0. The molecule has 0 saturated carbocycles. The third-order valence-corrected chi connectivity index (χ3v) is 2.54. The van der Waals surface area contributed by atoms with Gasteiger partial charge < -0.3 is 20.6 Å². The van der Waals surface area contributed by atoms with Gasteiger partial charge >= 0.3 is 7.12 Å². The van der Waals surface area contributed by atoms with Crippen LogP contribution in [0.25, 0.3) is 0 Å². The summed E-state index contributed by atoms with van der Waals surface area (Å²) in [6.07, 6.45) is 1.34. The zero-order valence-corrected chi connectivity index (χ0v) is 11.2. The van der Waals surface area contributed by atoms with Crippen molar-refractivity contribution in [1.29, 1.82) is 0 Å². The van der Waals surface area contributed by atoms with Gasteiger partial charge in [-0.05, 0) is 47.5 Å². The molecule has 5 nitrogen and oxygen atoms in total. The van der Waals surface area contributed by atoms with Gasteiger partial charge in [0, 0.05) is 5.46 Å². The number of benzene rings is 1. The van der Waals surface area contributed by atoms with Crippen molar-refractivity contribution in [3.8, 4) is 5.75 Å². The average molecular weight is 301 g/mol. The quantitative estimate of drug-likeness (QED) is 0.321. The van der Waals surface area contributed by atoms with Crippen molar-refractivity contribution in [2.45, 2.75) is 20.0 Å². The summed E-state index contributed by atoms with van der Waals surface area (Å²) in [5.74, 6) is 5.46. The van der Waals surface area contributed by atoms with Gasteiger partial charge in [-0.2, -0.15) is 5.10 Å². The Labute approximate surface area is 109 Å². The van der Waals surface area contributed by atoms with Crippen LogP contribution in [0.1, 0.15) is 19.4 Å². The predicted octanol–water partition coefficient (Wildman–Crippen LogP) is 0.209. The van der Waals surface area contributed by atoms with Crippen molar-refractivity contribution in [3.63, 3.8) is 0 Å². The lowest BCUT2D eigenvalue weighted by molar-refractivity contribution is 0.242. The normalized spacial score (nSPS) is 11.2. The first-order valence-electron chi connectivity index (χ1n) is 5.05. The Kier molecular flexibility index (Phi) is 4.98. The Morgan fingerprint density at radius 1 is 1.47 bits per heavy atom. The highest BCUT2D eigenvalue weighted by atomic mass is 79.9. The van der Waals surface area contributed by atoms with Crippen LogP contribution in [0.4, 0.5) is 0 Å². The molecule has 0 saturated heterocycles. The number of rotatable bonds is 4. The SMILES string of the molecule is CC(C)Oc1c(Br)cc(C=NN)cc1B(O)O. The highest BCUT2D eigenvalue weighted by Crippen LogP contribution is 2.25. The number of hydrogen-bond donors (Lipinski definition) is 3. The van der Waals surface area contributed by atoms with Gasteiger partial charge in [0.15, 0.2) is 0 Å². The van der Waals surface area contributed by atoms with E-state index in [1.54, 1.807) is 12.1 Å². The summed E-state index contributed by atoms with van der Waals surface area (Å²) in [6.45, 7) is 3.71. The molecular weight excluding hydrogens is 287 g/mol. The summed E-state index contributed by atoms with van der Waals surface area (Å²) in [4.78, 5) is 0. The predicted molar refractivity (Wildman–Crippen MR) is 71.5 cm³/mol. The number of halogens is 1. The summed E-state index contributed by atoms with van der Waals surface area (Å²) in [6, 6.07) is 3.30. The third kappa shape index (κ3) is 3.73. The molecule has 7 heteroatoms. The van der Waals surface area contributed by atoms with Gasteiger partial charge in [0.05, 0.1) is 16.8 Å². The molecule has 0 heterocycles. The molecule has 0 atom stereocenters. The van der Waals surface area contributed by atoms with E-state index < -0.39 is 7.12 Å². The van der Waals surface area contributed by atoms with Crippen LogP contribution in [-0.2, 0) is 0 Å². The monoisotopic (exact) mass is 300 g/mol. The fraction of sp³-hybridized carbons (Fsp3) is 0.300. The minimum atomic E-state index is -1.62. The summed E-state index contributed by atoms with van der Waals surface area (Å²) in [5.41, 5.74) is 0.918. The van der Waals surface area contributed by atoms with Gasteiger partial charge in [-0.15, -0.1) is 0 Å². The molecule has 1 aromatic rings. The Balaban J connectivity index is 3.27. The Bertz CT molecular complexity index is 424. The molecule has 0 aliphatic heterocycles. The highest BCUT2D eigenvalue weighted by molar-refractivity contribution is 9.10. The van der Waals surface area contributed by atoms with Gasteiger partial charge in [0.2, 0.25) is 0 Å². The van der Waals surface area contributed by atoms with Crippen molar-refractivity contribution in [2.75, 3.05) is 0 Å². The Hall–Kier alpha value is -1.05. The molecule has 0 aromatic heterocycles. The maximum atomic E-state index is 9.31. The number of ether oxygens (including phenoxy) is 1. The Morgan fingerprint density at radius 3 is 2.59 bits per heavy atom. The van der Waals surface area contributed by atoms with Crippen molar-refractivity contribution in [3.05, 3.63) is 22.2 Å². The maximum absolute atomic E-state index is 9.31. The lowest BCUT2D eigenvalue weighted by Crippen LogP contribution is -2.33. The van der Waals surface area contributed by atoms with Gasteiger partial charge in [0.25, 0.3) is 0 Å². The van der Waals surface area contributed by atoms with E-state index in [2.05, 4.69) is 21.0 Å². The molecule has 17 heavy (non-hydrogen) atoms. The van der Waals surface area contributed by atoms with Crippen LogP contribution in [0, 0.1) is 0 Å². The zero-order chi connectivity index (χ0) is 13.0. The second-order valence-corrected chi connectivity index (χ2v) is 4.59. The molecule has 1 rings (SSSR count). The van der Waals surface area contributed by atoms with E-state index in [1.165, 1.54) is 6.21 Å². The van der Waals surface area contributed by atoms with E-state index in [1.807, 2.05) is 13.8 Å². The molecule has 0 radical (unpaired) electrons. The molecule has 0 amide bonds. The van der Waals surface area contributed by atoms with Crippen LogP contribution in [0.3, 0.4) is 0 Å². The van der Waals surface area contributed by atoms with Crippen molar-refractivity contribution in [2.24, 2.45) is 10.9 Å². The van der Waals surface area contributed by atoms with Crippen LogP contribution >= 0.6 is 15.9 Å². The molecular formula is C10H14BBrN2O3. The largest absolute Gasteiger partial charge is 0.492 e. The summed E-state index contributed by atoms with van der Waals surface area (Å²) >= 11 is 3.32. The smallest absolute Gasteiger partial charge is 0.490 e. The molecule has 0 spiro atoms. The van der Waals surface area contributed by atoms with Crippen LogP contribution in [-0.4, -0.2) is 29.5 Å². The maximum Gasteiger partial charge on any atom is 0.492 e. The second-order valence-electron chi connectivity index (χ2n) is 3.74. The van der Waals surface area contributed by atoms with Crippen LogP contribution in [0.5, 0.6) is 5.75 Å². The van der Waals surface area contributed by atoms with Crippen molar-refractivity contribution in [1.82, 2.24) is 0 Å². The Morgan fingerprint density at radius 2 is 2.12 bits per heavy atom. The minimum absolute atomic E-state index is 0.0715. The molecule has 0 bridgehead atoms. The van der Waals surface area contributed by atoms with Crippen molar-refractivity contribution < 1.29 is 14.8 Å². The van der Waals surface area contributed by atoms with E-state index in [9.17, 15) is 10.0 Å². The van der Waals surface area contributed by atoms with Crippen LogP contribution in [0.15, 0.2) is 21.7 Å². The number of nitrogens with two attached hydrogens (primary N) is 1. The zero-order valence-electron chi connectivity index (χ0n) is 9.59. The van der Waals surface area contributed by atoms with E-state index in [0.717, 1.165) is 0 Å². The summed E-state index contributed by atoms with van der Waals surface area (Å²) in [7, 11) is -1.62. The van der Waals surface area contributed by atoms with Crippen LogP contribution in [0.2, 0.25) is 0 Å². The summed E-state index contributed by atoms with van der Waals surface area (Å²) in [5, 5.41) is 22.0. The molecule has 1 aromatic carbocycles. The first-order chi connectivity index (χ1) is 7.95. The lowest BCUT2D eigenvalue weighted by Gasteiger charge is -2.16. The van der Waals surface area contributed by atoms with Gasteiger partial charge in [-0.25, -0.2) is 0 Å². The second kappa shape index (κ2) is 6.04. The number of hydrazone groups is 1. The van der Waals surface area contributed by atoms with E-state index in [-0.39, 0.29) is 11.6 Å².